The molecule has 0 aromatic rings. The maximum absolute atomic E-state index is 6.10. The molecule has 1 heterocycles. The highest BCUT2D eigenvalue weighted by Gasteiger charge is 2.45. The molecule has 2 aliphatic carbocycles. The predicted molar refractivity (Wildman–Crippen MR) is 58.9 cm³/mol. The van der Waals surface area contributed by atoms with Crippen LogP contribution in [0.4, 0.5) is 0 Å². The third-order valence-corrected chi connectivity index (χ3v) is 3.90. The van der Waals surface area contributed by atoms with Gasteiger partial charge < -0.3 is 19.9 Å². The summed E-state index contributed by atoms with van der Waals surface area (Å²) in [6.45, 7) is 2.30. The molecule has 3 aliphatic rings. The Kier molecular flexibility index (Phi) is 2.92. The van der Waals surface area contributed by atoms with E-state index in [1.54, 1.807) is 0 Å². The van der Waals surface area contributed by atoms with Crippen molar-refractivity contribution in [2.75, 3.05) is 19.8 Å². The zero-order valence-electron chi connectivity index (χ0n) is 9.69. The molecular formula is C12H21NO3. The molecule has 2 saturated carbocycles. The lowest BCUT2D eigenvalue weighted by atomic mass is 9.88. The number of hydrogen-bond acceptors (Lipinski definition) is 4. The first kappa shape index (κ1) is 11.0. The summed E-state index contributed by atoms with van der Waals surface area (Å²) in [6.07, 6.45) is 5.42. The fourth-order valence-electron chi connectivity index (χ4n) is 2.62. The van der Waals surface area contributed by atoms with Crippen LogP contribution in [0.5, 0.6) is 0 Å². The Morgan fingerprint density at radius 3 is 2.62 bits per heavy atom. The molecule has 3 rings (SSSR count). The van der Waals surface area contributed by atoms with Gasteiger partial charge in [0.25, 0.3) is 0 Å². The fraction of sp³-hybridized carbons (Fsp3) is 1.00. The van der Waals surface area contributed by atoms with Crippen LogP contribution < -0.4 is 5.73 Å². The molecule has 2 atom stereocenters. The van der Waals surface area contributed by atoms with Crippen LogP contribution in [0.15, 0.2) is 0 Å². The summed E-state index contributed by atoms with van der Waals surface area (Å²) in [5.74, 6) is 0.417. The average Bonchev–Trinajstić information content (AvgIpc) is 3.01. The fourth-order valence-corrected chi connectivity index (χ4v) is 2.62. The summed E-state index contributed by atoms with van der Waals surface area (Å²) < 4.78 is 17.4. The summed E-state index contributed by atoms with van der Waals surface area (Å²) in [4.78, 5) is 0. The van der Waals surface area contributed by atoms with Gasteiger partial charge in [-0.2, -0.15) is 0 Å². The van der Waals surface area contributed by atoms with Gasteiger partial charge >= 0.3 is 0 Å². The van der Waals surface area contributed by atoms with Gasteiger partial charge in [-0.05, 0) is 25.2 Å². The van der Waals surface area contributed by atoms with Crippen LogP contribution in [0.2, 0.25) is 0 Å². The second-order valence-corrected chi connectivity index (χ2v) is 5.33. The second kappa shape index (κ2) is 4.26. The quantitative estimate of drug-likeness (QED) is 0.782. The molecule has 16 heavy (non-hydrogen) atoms. The highest BCUT2D eigenvalue weighted by atomic mass is 16.7. The van der Waals surface area contributed by atoms with E-state index in [9.17, 15) is 0 Å². The van der Waals surface area contributed by atoms with Crippen LogP contribution in [0, 0.1) is 5.92 Å². The monoisotopic (exact) mass is 227 g/mol. The highest BCUT2D eigenvalue weighted by molar-refractivity contribution is 4.91. The van der Waals surface area contributed by atoms with Gasteiger partial charge in [-0.15, -0.1) is 0 Å². The van der Waals surface area contributed by atoms with Gasteiger partial charge in [-0.3, -0.25) is 0 Å². The van der Waals surface area contributed by atoms with Crippen molar-refractivity contribution in [3.8, 4) is 0 Å². The second-order valence-electron chi connectivity index (χ2n) is 5.33. The average molecular weight is 227 g/mol. The summed E-state index contributed by atoms with van der Waals surface area (Å²) in [5, 5.41) is 0. The SMILES string of the molecule is NC1CCC2(CC1OCC1CC1)OCCO2. The van der Waals surface area contributed by atoms with Crippen molar-refractivity contribution in [1.82, 2.24) is 0 Å². The lowest BCUT2D eigenvalue weighted by molar-refractivity contribution is -0.205. The molecule has 92 valence electrons. The first-order valence-electron chi connectivity index (χ1n) is 6.42. The molecule has 4 heteroatoms. The van der Waals surface area contributed by atoms with E-state index in [4.69, 9.17) is 19.9 Å². The van der Waals surface area contributed by atoms with Crippen molar-refractivity contribution in [1.29, 1.82) is 0 Å². The first-order chi connectivity index (χ1) is 7.77. The van der Waals surface area contributed by atoms with Crippen molar-refractivity contribution in [2.24, 2.45) is 11.7 Å². The molecule has 4 nitrogen and oxygen atoms in total. The third-order valence-electron chi connectivity index (χ3n) is 3.90. The molecule has 0 bridgehead atoms. The zero-order valence-corrected chi connectivity index (χ0v) is 9.69. The molecule has 0 aromatic heterocycles. The van der Waals surface area contributed by atoms with Crippen molar-refractivity contribution in [3.63, 3.8) is 0 Å². The van der Waals surface area contributed by atoms with Gasteiger partial charge in [0.2, 0.25) is 0 Å². The van der Waals surface area contributed by atoms with Crippen LogP contribution >= 0.6 is 0 Å². The summed E-state index contributed by atoms with van der Waals surface area (Å²) in [6, 6.07) is 0.150. The molecule has 2 unspecified atom stereocenters. The molecule has 0 amide bonds. The Balaban J connectivity index is 1.56. The molecule has 1 spiro atoms. The van der Waals surface area contributed by atoms with E-state index >= 15 is 0 Å². The summed E-state index contributed by atoms with van der Waals surface area (Å²) in [5.41, 5.74) is 6.10. The number of ether oxygens (including phenoxy) is 3. The Labute approximate surface area is 96.4 Å². The normalized spacial score (nSPS) is 38.1. The minimum absolute atomic E-state index is 0.118. The Morgan fingerprint density at radius 1 is 1.19 bits per heavy atom. The predicted octanol–water partition coefficient (Wildman–Crippen LogP) is 1.04. The van der Waals surface area contributed by atoms with Crippen molar-refractivity contribution < 1.29 is 14.2 Å². The third kappa shape index (κ3) is 2.25. The molecule has 3 fully saturated rings. The number of rotatable bonds is 3. The Morgan fingerprint density at radius 2 is 1.94 bits per heavy atom. The molecule has 0 aromatic carbocycles. The minimum atomic E-state index is -0.371. The minimum Gasteiger partial charge on any atom is -0.376 e. The topological polar surface area (TPSA) is 53.7 Å². The van der Waals surface area contributed by atoms with Crippen molar-refractivity contribution in [3.05, 3.63) is 0 Å². The van der Waals surface area contributed by atoms with Crippen LogP contribution in [-0.2, 0) is 14.2 Å². The van der Waals surface area contributed by atoms with E-state index in [-0.39, 0.29) is 17.9 Å². The lowest BCUT2D eigenvalue weighted by Crippen LogP contribution is -2.50. The lowest BCUT2D eigenvalue weighted by Gasteiger charge is -2.39. The summed E-state index contributed by atoms with van der Waals surface area (Å²) in [7, 11) is 0. The van der Waals surface area contributed by atoms with Gasteiger partial charge in [0.1, 0.15) is 0 Å². The first-order valence-corrected chi connectivity index (χ1v) is 6.42. The molecule has 2 N–H and O–H groups in total. The van der Waals surface area contributed by atoms with Gasteiger partial charge in [0, 0.05) is 25.5 Å². The van der Waals surface area contributed by atoms with E-state index in [0.29, 0.717) is 13.2 Å². The van der Waals surface area contributed by atoms with Crippen LogP contribution in [-0.4, -0.2) is 37.8 Å². The number of hydrogen-bond donors (Lipinski definition) is 1. The van der Waals surface area contributed by atoms with Crippen molar-refractivity contribution in [2.45, 2.75) is 50.0 Å². The maximum atomic E-state index is 6.10. The standard InChI is InChI=1S/C12H21NO3/c13-10-3-4-12(15-5-6-16-12)7-11(10)14-8-9-1-2-9/h9-11H,1-8,13H2. The van der Waals surface area contributed by atoms with Gasteiger partial charge in [-0.1, -0.05) is 0 Å². The van der Waals surface area contributed by atoms with Gasteiger partial charge in [0.15, 0.2) is 5.79 Å². The van der Waals surface area contributed by atoms with Crippen LogP contribution in [0.25, 0.3) is 0 Å². The largest absolute Gasteiger partial charge is 0.376 e. The zero-order chi connectivity index (χ0) is 11.0. The van der Waals surface area contributed by atoms with Gasteiger partial charge in [-0.25, -0.2) is 0 Å². The van der Waals surface area contributed by atoms with Crippen molar-refractivity contribution >= 4 is 0 Å². The smallest absolute Gasteiger partial charge is 0.171 e. The Bertz CT molecular complexity index is 249. The van der Waals surface area contributed by atoms with E-state index < -0.39 is 0 Å². The number of nitrogens with two attached hydrogens (primary N) is 1. The molecule has 0 radical (unpaired) electrons. The van der Waals surface area contributed by atoms with E-state index in [2.05, 4.69) is 0 Å². The highest BCUT2D eigenvalue weighted by Crippen LogP contribution is 2.37. The van der Waals surface area contributed by atoms with Crippen LogP contribution in [0.1, 0.15) is 32.1 Å². The molecule has 1 saturated heterocycles. The van der Waals surface area contributed by atoms with Gasteiger partial charge in [0.05, 0.1) is 19.3 Å². The Hall–Kier alpha value is -0.160. The molecule has 1 aliphatic heterocycles. The van der Waals surface area contributed by atoms with E-state index in [1.807, 2.05) is 0 Å². The van der Waals surface area contributed by atoms with E-state index in [1.165, 1.54) is 12.8 Å². The maximum Gasteiger partial charge on any atom is 0.171 e. The van der Waals surface area contributed by atoms with E-state index in [0.717, 1.165) is 31.8 Å². The summed E-state index contributed by atoms with van der Waals surface area (Å²) >= 11 is 0. The van der Waals surface area contributed by atoms with Crippen LogP contribution in [0.3, 0.4) is 0 Å². The molecular weight excluding hydrogens is 206 g/mol.